The predicted molar refractivity (Wildman–Crippen MR) is 108 cm³/mol. The first-order valence-corrected chi connectivity index (χ1v) is 9.37. The molecule has 1 N–H and O–H groups in total. The molecule has 0 heterocycles. The monoisotopic (exact) mass is 385 g/mol. The quantitative estimate of drug-likeness (QED) is 0.493. The topological polar surface area (TPSA) is 73.9 Å². The van der Waals surface area contributed by atoms with E-state index in [0.717, 1.165) is 11.1 Å². The Morgan fingerprint density at radius 2 is 1.68 bits per heavy atom. The molecule has 0 unspecified atom stereocenters. The molecule has 0 aromatic heterocycles. The number of carbonyl (C=O) groups is 2. The van der Waals surface area contributed by atoms with Crippen LogP contribution in [0.2, 0.25) is 0 Å². The first-order valence-electron chi connectivity index (χ1n) is 9.37. The second-order valence-electron chi connectivity index (χ2n) is 6.34. The first-order chi connectivity index (χ1) is 13.5. The summed E-state index contributed by atoms with van der Waals surface area (Å²) >= 11 is 0. The molecular weight excluding hydrogens is 358 g/mol. The van der Waals surface area contributed by atoms with Crippen LogP contribution in [0.3, 0.4) is 0 Å². The second-order valence-corrected chi connectivity index (χ2v) is 6.34. The zero-order valence-corrected chi connectivity index (χ0v) is 16.6. The van der Waals surface area contributed by atoms with Crippen LogP contribution in [0.1, 0.15) is 30.9 Å². The Labute approximate surface area is 165 Å². The van der Waals surface area contributed by atoms with E-state index in [0.29, 0.717) is 36.8 Å². The summed E-state index contributed by atoms with van der Waals surface area (Å²) in [6.07, 6.45) is 0.659. The zero-order chi connectivity index (χ0) is 20.4. The van der Waals surface area contributed by atoms with E-state index in [-0.39, 0.29) is 18.9 Å². The van der Waals surface area contributed by atoms with E-state index in [1.165, 1.54) is 0 Å². The van der Waals surface area contributed by atoms with Gasteiger partial charge in [0.2, 0.25) is 0 Å². The summed E-state index contributed by atoms with van der Waals surface area (Å²) in [4.78, 5) is 23.7. The molecule has 0 aliphatic heterocycles. The summed E-state index contributed by atoms with van der Waals surface area (Å²) in [5.41, 5.74) is 2.92. The van der Waals surface area contributed by atoms with Crippen molar-refractivity contribution >= 4 is 17.6 Å². The van der Waals surface area contributed by atoms with E-state index in [9.17, 15) is 9.59 Å². The molecule has 2 rings (SSSR count). The van der Waals surface area contributed by atoms with Crippen molar-refractivity contribution in [1.82, 2.24) is 0 Å². The third kappa shape index (κ3) is 6.95. The van der Waals surface area contributed by atoms with Gasteiger partial charge in [0.1, 0.15) is 0 Å². The van der Waals surface area contributed by atoms with Crippen LogP contribution in [0.15, 0.2) is 42.5 Å². The van der Waals surface area contributed by atoms with Gasteiger partial charge < -0.3 is 19.5 Å². The van der Waals surface area contributed by atoms with E-state index < -0.39 is 5.97 Å². The fourth-order valence-corrected chi connectivity index (χ4v) is 2.48. The third-order valence-corrected chi connectivity index (χ3v) is 4.09. The fraction of sp³-hybridized carbons (Fsp3) is 0.364. The molecule has 2 aromatic carbocycles. The number of esters is 1. The SMILES string of the molecule is CCOc1ccccc1OCCCC(=O)OCC(=O)Nc1ccc(C)c(C)c1. The van der Waals surface area contributed by atoms with Gasteiger partial charge in [-0.15, -0.1) is 0 Å². The van der Waals surface area contributed by atoms with Crippen molar-refractivity contribution < 1.29 is 23.8 Å². The average molecular weight is 385 g/mol. The molecule has 2 aromatic rings. The van der Waals surface area contributed by atoms with Crippen molar-refractivity contribution in [1.29, 1.82) is 0 Å². The zero-order valence-electron chi connectivity index (χ0n) is 16.6. The molecule has 0 radical (unpaired) electrons. The molecule has 0 spiro atoms. The minimum atomic E-state index is -0.433. The second kappa shape index (κ2) is 11.0. The minimum Gasteiger partial charge on any atom is -0.490 e. The van der Waals surface area contributed by atoms with Crippen molar-refractivity contribution in [3.63, 3.8) is 0 Å². The van der Waals surface area contributed by atoms with Crippen molar-refractivity contribution in [2.45, 2.75) is 33.6 Å². The number of ether oxygens (including phenoxy) is 3. The van der Waals surface area contributed by atoms with Crippen LogP contribution in [0.4, 0.5) is 5.69 Å². The lowest BCUT2D eigenvalue weighted by Crippen LogP contribution is -2.21. The first kappa shape index (κ1) is 21.3. The van der Waals surface area contributed by atoms with Crippen molar-refractivity contribution in [3.05, 3.63) is 53.6 Å². The Balaban J connectivity index is 1.66. The van der Waals surface area contributed by atoms with Gasteiger partial charge in [-0.3, -0.25) is 9.59 Å². The molecule has 6 nitrogen and oxygen atoms in total. The molecular formula is C22H27NO5. The standard InChI is InChI=1S/C22H27NO5/c1-4-26-19-8-5-6-9-20(19)27-13-7-10-22(25)28-15-21(24)23-18-12-11-16(2)17(3)14-18/h5-6,8-9,11-12,14H,4,7,10,13,15H2,1-3H3,(H,23,24). The number of hydrogen-bond donors (Lipinski definition) is 1. The number of rotatable bonds is 10. The normalized spacial score (nSPS) is 10.2. The van der Waals surface area contributed by atoms with E-state index >= 15 is 0 Å². The van der Waals surface area contributed by atoms with Gasteiger partial charge in [0.25, 0.3) is 5.91 Å². The Kier molecular flexibility index (Phi) is 8.34. The van der Waals surface area contributed by atoms with Crippen LogP contribution >= 0.6 is 0 Å². The highest BCUT2D eigenvalue weighted by Crippen LogP contribution is 2.26. The van der Waals surface area contributed by atoms with Crippen LogP contribution in [-0.2, 0) is 14.3 Å². The summed E-state index contributed by atoms with van der Waals surface area (Å²) in [5, 5.41) is 2.72. The lowest BCUT2D eigenvalue weighted by atomic mass is 10.1. The summed E-state index contributed by atoms with van der Waals surface area (Å²) in [6.45, 7) is 6.48. The average Bonchev–Trinajstić information content (AvgIpc) is 2.68. The Hall–Kier alpha value is -3.02. The maximum atomic E-state index is 11.9. The van der Waals surface area contributed by atoms with E-state index in [1.54, 1.807) is 0 Å². The molecule has 28 heavy (non-hydrogen) atoms. The highest BCUT2D eigenvalue weighted by molar-refractivity contribution is 5.92. The minimum absolute atomic E-state index is 0.174. The van der Waals surface area contributed by atoms with Crippen molar-refractivity contribution in [3.8, 4) is 11.5 Å². The van der Waals surface area contributed by atoms with E-state index in [4.69, 9.17) is 14.2 Å². The lowest BCUT2D eigenvalue weighted by molar-refractivity contribution is -0.147. The number of carbonyl (C=O) groups excluding carboxylic acids is 2. The van der Waals surface area contributed by atoms with Crippen LogP contribution in [0, 0.1) is 13.8 Å². The molecule has 150 valence electrons. The van der Waals surface area contributed by atoms with Gasteiger partial charge in [-0.25, -0.2) is 0 Å². The lowest BCUT2D eigenvalue weighted by Gasteiger charge is -2.11. The number of nitrogens with one attached hydrogen (secondary N) is 1. The number of aryl methyl sites for hydroxylation is 2. The van der Waals surface area contributed by atoms with Crippen LogP contribution in [-0.4, -0.2) is 31.7 Å². The number of benzene rings is 2. The van der Waals surface area contributed by atoms with Crippen molar-refractivity contribution in [2.75, 3.05) is 25.1 Å². The van der Waals surface area contributed by atoms with Gasteiger partial charge in [-0.2, -0.15) is 0 Å². The van der Waals surface area contributed by atoms with Crippen LogP contribution in [0.25, 0.3) is 0 Å². The van der Waals surface area contributed by atoms with Crippen LogP contribution in [0.5, 0.6) is 11.5 Å². The number of amides is 1. The molecule has 1 amide bonds. The summed E-state index contributed by atoms with van der Waals surface area (Å²) in [6, 6.07) is 13.0. The summed E-state index contributed by atoms with van der Waals surface area (Å²) in [7, 11) is 0. The van der Waals surface area contributed by atoms with Gasteiger partial charge in [-0.05, 0) is 62.6 Å². The molecule has 0 bridgehead atoms. The van der Waals surface area contributed by atoms with Crippen LogP contribution < -0.4 is 14.8 Å². The molecule has 0 fully saturated rings. The number of anilines is 1. The molecule has 0 saturated heterocycles. The van der Waals surface area contributed by atoms with Gasteiger partial charge in [0, 0.05) is 12.1 Å². The van der Waals surface area contributed by atoms with Crippen molar-refractivity contribution in [2.24, 2.45) is 0 Å². The molecule has 0 aliphatic rings. The Bertz CT molecular complexity index is 803. The number of para-hydroxylation sites is 2. The molecule has 0 atom stereocenters. The third-order valence-electron chi connectivity index (χ3n) is 4.09. The van der Waals surface area contributed by atoms with Gasteiger partial charge in [0.05, 0.1) is 13.2 Å². The van der Waals surface area contributed by atoms with Gasteiger partial charge >= 0.3 is 5.97 Å². The maximum Gasteiger partial charge on any atom is 0.306 e. The summed E-state index contributed by atoms with van der Waals surface area (Å²) in [5.74, 6) is 0.525. The largest absolute Gasteiger partial charge is 0.490 e. The Morgan fingerprint density at radius 3 is 2.36 bits per heavy atom. The van der Waals surface area contributed by atoms with Gasteiger partial charge in [-0.1, -0.05) is 18.2 Å². The smallest absolute Gasteiger partial charge is 0.306 e. The predicted octanol–water partition coefficient (Wildman–Crippen LogP) is 4.04. The highest BCUT2D eigenvalue weighted by Gasteiger charge is 2.09. The highest BCUT2D eigenvalue weighted by atomic mass is 16.5. The fourth-order valence-electron chi connectivity index (χ4n) is 2.48. The Morgan fingerprint density at radius 1 is 0.964 bits per heavy atom. The number of hydrogen-bond acceptors (Lipinski definition) is 5. The molecule has 6 heteroatoms. The summed E-state index contributed by atoms with van der Waals surface area (Å²) < 4.78 is 16.1. The van der Waals surface area contributed by atoms with Gasteiger partial charge in [0.15, 0.2) is 18.1 Å². The van der Waals surface area contributed by atoms with E-state index in [2.05, 4.69) is 5.32 Å². The maximum absolute atomic E-state index is 11.9. The molecule has 0 saturated carbocycles. The molecule has 0 aliphatic carbocycles. The van der Waals surface area contributed by atoms with E-state index in [1.807, 2.05) is 63.2 Å².